The molecule has 1 aliphatic rings. The number of rotatable bonds is 4. The van der Waals surface area contributed by atoms with Crippen molar-refractivity contribution in [3.8, 4) is 5.75 Å². The van der Waals surface area contributed by atoms with E-state index < -0.39 is 21.9 Å². The molecular formula is C21H21FN2O3S. The highest BCUT2D eigenvalue weighted by Gasteiger charge is 2.38. The minimum Gasteiger partial charge on any atom is -0.496 e. The van der Waals surface area contributed by atoms with Gasteiger partial charge < -0.3 is 9.30 Å². The highest BCUT2D eigenvalue weighted by Crippen LogP contribution is 2.38. The lowest BCUT2D eigenvalue weighted by atomic mass is 10.0. The van der Waals surface area contributed by atoms with Gasteiger partial charge in [0, 0.05) is 30.5 Å². The standard InChI is InChI=1S/C21H21FN2O3S/c1-15-14-16(9-10-20(15)27-2)28(25,26)24-13-12-23-11-5-8-19(23)21(24)17-6-3-4-7-18(17)22/h3-11,14,21H,12-13H2,1-2H3/t21-/m0/s1. The topological polar surface area (TPSA) is 51.5 Å². The number of methoxy groups -OCH3 is 1. The van der Waals surface area contributed by atoms with E-state index in [-0.39, 0.29) is 11.4 Å². The smallest absolute Gasteiger partial charge is 0.244 e. The van der Waals surface area contributed by atoms with Gasteiger partial charge in [-0.15, -0.1) is 0 Å². The van der Waals surface area contributed by atoms with E-state index in [9.17, 15) is 12.8 Å². The number of fused-ring (bicyclic) bond motifs is 1. The number of nitrogens with zero attached hydrogens (tertiary/aromatic N) is 2. The Hall–Kier alpha value is -2.64. The molecule has 0 fully saturated rings. The zero-order chi connectivity index (χ0) is 19.9. The van der Waals surface area contributed by atoms with E-state index in [0.29, 0.717) is 17.9 Å². The lowest BCUT2D eigenvalue weighted by Crippen LogP contribution is -2.42. The third-order valence-electron chi connectivity index (χ3n) is 5.17. The number of benzene rings is 2. The SMILES string of the molecule is COc1ccc(S(=O)(=O)N2CCn3cccc3[C@@H]2c2ccccc2F)cc1C. The second kappa shape index (κ2) is 7.07. The Bertz CT molecular complexity index is 1120. The van der Waals surface area contributed by atoms with E-state index in [1.165, 1.54) is 16.4 Å². The lowest BCUT2D eigenvalue weighted by molar-refractivity contribution is 0.293. The van der Waals surface area contributed by atoms with Crippen LogP contribution in [0.15, 0.2) is 65.7 Å². The van der Waals surface area contributed by atoms with Gasteiger partial charge >= 0.3 is 0 Å². The van der Waals surface area contributed by atoms with Crippen LogP contribution in [0.2, 0.25) is 0 Å². The van der Waals surface area contributed by atoms with Crippen molar-refractivity contribution in [2.45, 2.75) is 24.4 Å². The van der Waals surface area contributed by atoms with Gasteiger partial charge in [0.05, 0.1) is 18.0 Å². The van der Waals surface area contributed by atoms with Crippen LogP contribution in [0.3, 0.4) is 0 Å². The van der Waals surface area contributed by atoms with E-state index in [4.69, 9.17) is 4.74 Å². The number of aryl methyl sites for hydroxylation is 1. The van der Waals surface area contributed by atoms with Crippen molar-refractivity contribution in [1.82, 2.24) is 8.87 Å². The average molecular weight is 400 g/mol. The van der Waals surface area contributed by atoms with E-state index in [1.807, 2.05) is 22.9 Å². The summed E-state index contributed by atoms with van der Waals surface area (Å²) >= 11 is 0. The summed E-state index contributed by atoms with van der Waals surface area (Å²) in [6.07, 6.45) is 1.89. The van der Waals surface area contributed by atoms with Crippen LogP contribution in [0.25, 0.3) is 0 Å². The minimum atomic E-state index is -3.85. The molecule has 4 rings (SSSR count). The summed E-state index contributed by atoms with van der Waals surface area (Å²) in [5, 5.41) is 0. The monoisotopic (exact) mass is 400 g/mol. The molecule has 0 aliphatic carbocycles. The Kier molecular flexibility index (Phi) is 4.72. The second-order valence-corrected chi connectivity index (χ2v) is 8.69. The molecular weight excluding hydrogens is 379 g/mol. The molecule has 1 aliphatic heterocycles. The zero-order valence-corrected chi connectivity index (χ0v) is 16.5. The fourth-order valence-electron chi connectivity index (χ4n) is 3.78. The lowest BCUT2D eigenvalue weighted by Gasteiger charge is -2.36. The maximum absolute atomic E-state index is 14.7. The van der Waals surface area contributed by atoms with E-state index in [0.717, 1.165) is 11.3 Å². The fourth-order valence-corrected chi connectivity index (χ4v) is 5.44. The van der Waals surface area contributed by atoms with Crippen LogP contribution in [0.1, 0.15) is 22.9 Å². The second-order valence-electron chi connectivity index (χ2n) is 6.80. The normalized spacial score (nSPS) is 17.3. The summed E-state index contributed by atoms with van der Waals surface area (Å²) in [5.41, 5.74) is 1.83. The van der Waals surface area contributed by atoms with Crippen LogP contribution in [0, 0.1) is 12.7 Å². The van der Waals surface area contributed by atoms with E-state index >= 15 is 0 Å². The summed E-state index contributed by atoms with van der Waals surface area (Å²) in [6, 6.07) is 14.1. The number of hydrogen-bond donors (Lipinski definition) is 0. The van der Waals surface area contributed by atoms with Crippen molar-refractivity contribution >= 4 is 10.0 Å². The first-order valence-electron chi connectivity index (χ1n) is 8.99. The fraction of sp³-hybridized carbons (Fsp3) is 0.238. The molecule has 3 aromatic rings. The predicted octanol–water partition coefficient (Wildman–Crippen LogP) is 3.74. The van der Waals surface area contributed by atoms with Crippen LogP contribution in [0.4, 0.5) is 4.39 Å². The molecule has 1 atom stereocenters. The number of halogens is 1. The molecule has 1 aromatic heterocycles. The molecule has 7 heteroatoms. The molecule has 0 bridgehead atoms. The number of ether oxygens (including phenoxy) is 1. The van der Waals surface area contributed by atoms with Gasteiger partial charge in [-0.25, -0.2) is 12.8 Å². The third-order valence-corrected chi connectivity index (χ3v) is 7.03. The first-order chi connectivity index (χ1) is 13.4. The number of hydrogen-bond acceptors (Lipinski definition) is 3. The van der Waals surface area contributed by atoms with Gasteiger partial charge in [0.25, 0.3) is 0 Å². The van der Waals surface area contributed by atoms with Crippen molar-refractivity contribution in [3.63, 3.8) is 0 Å². The quantitative estimate of drug-likeness (QED) is 0.670. The molecule has 0 N–H and O–H groups in total. The summed E-state index contributed by atoms with van der Waals surface area (Å²) < 4.78 is 50.3. The predicted molar refractivity (Wildman–Crippen MR) is 104 cm³/mol. The van der Waals surface area contributed by atoms with Gasteiger partial charge in [-0.05, 0) is 48.9 Å². The van der Waals surface area contributed by atoms with Crippen LogP contribution in [-0.2, 0) is 16.6 Å². The molecule has 0 saturated carbocycles. The van der Waals surface area contributed by atoms with Crippen LogP contribution in [-0.4, -0.2) is 30.9 Å². The Labute approximate surface area is 164 Å². The number of sulfonamides is 1. The van der Waals surface area contributed by atoms with Crippen molar-refractivity contribution in [3.05, 3.63) is 83.4 Å². The Morgan fingerprint density at radius 1 is 1.07 bits per heavy atom. The molecule has 0 unspecified atom stereocenters. The molecule has 0 saturated heterocycles. The summed E-state index contributed by atoms with van der Waals surface area (Å²) in [7, 11) is -2.30. The molecule has 5 nitrogen and oxygen atoms in total. The van der Waals surface area contributed by atoms with Gasteiger partial charge in [-0.3, -0.25) is 0 Å². The molecule has 2 heterocycles. The van der Waals surface area contributed by atoms with Gasteiger partial charge in [-0.2, -0.15) is 4.31 Å². The molecule has 146 valence electrons. The van der Waals surface area contributed by atoms with E-state index in [2.05, 4.69) is 0 Å². The Morgan fingerprint density at radius 3 is 2.57 bits per heavy atom. The van der Waals surface area contributed by atoms with Gasteiger partial charge in [0.1, 0.15) is 11.6 Å². The maximum Gasteiger partial charge on any atom is 0.244 e. The van der Waals surface area contributed by atoms with Gasteiger partial charge in [0.15, 0.2) is 0 Å². The molecule has 2 aromatic carbocycles. The highest BCUT2D eigenvalue weighted by molar-refractivity contribution is 7.89. The largest absolute Gasteiger partial charge is 0.496 e. The first kappa shape index (κ1) is 18.7. The van der Waals surface area contributed by atoms with Crippen molar-refractivity contribution in [2.24, 2.45) is 0 Å². The molecule has 28 heavy (non-hydrogen) atoms. The van der Waals surface area contributed by atoms with Crippen LogP contribution in [0.5, 0.6) is 5.75 Å². The maximum atomic E-state index is 14.7. The van der Waals surface area contributed by atoms with Crippen molar-refractivity contribution in [1.29, 1.82) is 0 Å². The highest BCUT2D eigenvalue weighted by atomic mass is 32.2. The Balaban J connectivity index is 1.85. The van der Waals surface area contributed by atoms with Gasteiger partial charge in [-0.1, -0.05) is 18.2 Å². The molecule has 0 amide bonds. The average Bonchev–Trinajstić information content (AvgIpc) is 3.16. The Morgan fingerprint density at radius 2 is 1.86 bits per heavy atom. The minimum absolute atomic E-state index is 0.173. The third kappa shape index (κ3) is 3.00. The van der Waals surface area contributed by atoms with Crippen LogP contribution >= 0.6 is 0 Å². The number of aromatic nitrogens is 1. The molecule has 0 radical (unpaired) electrons. The van der Waals surface area contributed by atoms with E-state index in [1.54, 1.807) is 44.4 Å². The first-order valence-corrected chi connectivity index (χ1v) is 10.4. The van der Waals surface area contributed by atoms with Crippen LogP contribution < -0.4 is 4.74 Å². The summed E-state index contributed by atoms with van der Waals surface area (Å²) in [4.78, 5) is 0.173. The molecule has 0 spiro atoms. The zero-order valence-electron chi connectivity index (χ0n) is 15.7. The van der Waals surface area contributed by atoms with Gasteiger partial charge in [0.2, 0.25) is 10.0 Å². The summed E-state index contributed by atoms with van der Waals surface area (Å²) in [6.45, 7) is 2.57. The summed E-state index contributed by atoms with van der Waals surface area (Å²) in [5.74, 6) is 0.199. The van der Waals surface area contributed by atoms with Crippen molar-refractivity contribution < 1.29 is 17.5 Å². The van der Waals surface area contributed by atoms with Crippen molar-refractivity contribution in [2.75, 3.05) is 13.7 Å².